The van der Waals surface area contributed by atoms with Gasteiger partial charge in [0.25, 0.3) is 5.91 Å². The molecule has 1 fully saturated rings. The number of rotatable bonds is 6. The summed E-state index contributed by atoms with van der Waals surface area (Å²) in [5.41, 5.74) is 2.59. The third-order valence-corrected chi connectivity index (χ3v) is 3.90. The standard InChI is InChI=1S/C16H24N2O3/c1-12-5-7-14(8-6-12)20-9-10-21-15-4-2-3-13(11-15)16(19)18-17/h2-4,11-12,14H,5-10,17H2,1H3,(H,18,19). The van der Waals surface area contributed by atoms with Crippen LogP contribution in [0.2, 0.25) is 0 Å². The molecule has 1 aliphatic carbocycles. The Labute approximate surface area is 125 Å². The molecule has 2 rings (SSSR count). The van der Waals surface area contributed by atoms with Gasteiger partial charge >= 0.3 is 0 Å². The average Bonchev–Trinajstić information content (AvgIpc) is 2.53. The second kappa shape index (κ2) is 8.00. The summed E-state index contributed by atoms with van der Waals surface area (Å²) < 4.78 is 11.4. The van der Waals surface area contributed by atoms with Gasteiger partial charge in [-0.2, -0.15) is 0 Å². The molecule has 0 spiro atoms. The molecule has 1 aliphatic rings. The van der Waals surface area contributed by atoms with Crippen LogP contribution in [0.3, 0.4) is 0 Å². The third kappa shape index (κ3) is 5.02. The number of nitrogens with one attached hydrogen (secondary N) is 1. The maximum atomic E-state index is 11.4. The van der Waals surface area contributed by atoms with Crippen molar-refractivity contribution < 1.29 is 14.3 Å². The van der Waals surface area contributed by atoms with Crippen LogP contribution in [0.4, 0.5) is 0 Å². The van der Waals surface area contributed by atoms with Crippen molar-refractivity contribution in [3.8, 4) is 5.75 Å². The number of hydrazine groups is 1. The molecule has 3 N–H and O–H groups in total. The molecule has 0 radical (unpaired) electrons. The zero-order chi connectivity index (χ0) is 15.1. The maximum Gasteiger partial charge on any atom is 0.265 e. The van der Waals surface area contributed by atoms with Crippen LogP contribution in [0.5, 0.6) is 5.75 Å². The highest BCUT2D eigenvalue weighted by Gasteiger charge is 2.18. The molecular formula is C16H24N2O3. The van der Waals surface area contributed by atoms with Crippen molar-refractivity contribution >= 4 is 5.91 Å². The van der Waals surface area contributed by atoms with Gasteiger partial charge < -0.3 is 9.47 Å². The van der Waals surface area contributed by atoms with Gasteiger partial charge in [0.2, 0.25) is 0 Å². The highest BCUT2D eigenvalue weighted by molar-refractivity contribution is 5.94. The third-order valence-electron chi connectivity index (χ3n) is 3.90. The molecule has 5 nitrogen and oxygen atoms in total. The number of nitrogen functional groups attached to an aromatic ring is 1. The predicted molar refractivity (Wildman–Crippen MR) is 81.0 cm³/mol. The van der Waals surface area contributed by atoms with Crippen LogP contribution in [0.1, 0.15) is 43.0 Å². The molecular weight excluding hydrogens is 268 g/mol. The van der Waals surface area contributed by atoms with Crippen molar-refractivity contribution in [2.24, 2.45) is 11.8 Å². The molecule has 21 heavy (non-hydrogen) atoms. The number of ether oxygens (including phenoxy) is 2. The fourth-order valence-corrected chi connectivity index (χ4v) is 2.58. The minimum Gasteiger partial charge on any atom is -0.491 e. The van der Waals surface area contributed by atoms with E-state index in [0.717, 1.165) is 18.8 Å². The van der Waals surface area contributed by atoms with E-state index in [4.69, 9.17) is 15.3 Å². The van der Waals surface area contributed by atoms with Gasteiger partial charge in [-0.15, -0.1) is 0 Å². The number of benzene rings is 1. The molecule has 0 aromatic heterocycles. The first-order chi connectivity index (χ1) is 10.2. The summed E-state index contributed by atoms with van der Waals surface area (Å²) in [5.74, 6) is 6.26. The van der Waals surface area contributed by atoms with E-state index in [1.807, 2.05) is 6.07 Å². The molecule has 0 atom stereocenters. The lowest BCUT2D eigenvalue weighted by Gasteiger charge is -2.26. The van der Waals surface area contributed by atoms with Gasteiger partial charge in [0.05, 0.1) is 12.7 Å². The fraction of sp³-hybridized carbons (Fsp3) is 0.562. The maximum absolute atomic E-state index is 11.4. The van der Waals surface area contributed by atoms with E-state index in [2.05, 4.69) is 12.3 Å². The van der Waals surface area contributed by atoms with Crippen molar-refractivity contribution in [2.45, 2.75) is 38.7 Å². The number of amides is 1. The summed E-state index contributed by atoms with van der Waals surface area (Å²) in [5, 5.41) is 0. The summed E-state index contributed by atoms with van der Waals surface area (Å²) >= 11 is 0. The van der Waals surface area contributed by atoms with Crippen LogP contribution in [0, 0.1) is 5.92 Å². The van der Waals surface area contributed by atoms with E-state index in [9.17, 15) is 4.79 Å². The van der Waals surface area contributed by atoms with E-state index in [1.54, 1.807) is 18.2 Å². The molecule has 5 heteroatoms. The number of carbonyl (C=O) groups excluding carboxylic acids is 1. The van der Waals surface area contributed by atoms with Gasteiger partial charge in [0.15, 0.2) is 0 Å². The quantitative estimate of drug-likeness (QED) is 0.365. The Kier molecular flexibility index (Phi) is 6.02. The van der Waals surface area contributed by atoms with Crippen LogP contribution in [0.25, 0.3) is 0 Å². The first-order valence-electron chi connectivity index (χ1n) is 7.54. The Morgan fingerprint density at radius 3 is 2.76 bits per heavy atom. The monoisotopic (exact) mass is 292 g/mol. The number of nitrogens with two attached hydrogens (primary N) is 1. The molecule has 0 bridgehead atoms. The van der Waals surface area contributed by atoms with Crippen LogP contribution in [-0.2, 0) is 4.74 Å². The van der Waals surface area contributed by atoms with Crippen LogP contribution < -0.4 is 16.0 Å². The second-order valence-corrected chi connectivity index (χ2v) is 5.60. The van der Waals surface area contributed by atoms with Crippen molar-refractivity contribution in [1.82, 2.24) is 5.43 Å². The summed E-state index contributed by atoms with van der Waals surface area (Å²) in [6.07, 6.45) is 5.17. The van der Waals surface area contributed by atoms with Gasteiger partial charge in [-0.1, -0.05) is 13.0 Å². The van der Waals surface area contributed by atoms with Crippen molar-refractivity contribution in [2.75, 3.05) is 13.2 Å². The lowest BCUT2D eigenvalue weighted by Crippen LogP contribution is -2.29. The molecule has 0 heterocycles. The molecule has 1 amide bonds. The van der Waals surface area contributed by atoms with Gasteiger partial charge in [0, 0.05) is 5.56 Å². The number of carbonyl (C=O) groups is 1. The van der Waals surface area contributed by atoms with Gasteiger partial charge in [0.1, 0.15) is 12.4 Å². The van der Waals surface area contributed by atoms with Gasteiger partial charge in [-0.05, 0) is 49.8 Å². The molecule has 0 unspecified atom stereocenters. The van der Waals surface area contributed by atoms with E-state index >= 15 is 0 Å². The Balaban J connectivity index is 1.70. The average molecular weight is 292 g/mol. The Hall–Kier alpha value is -1.59. The first-order valence-corrected chi connectivity index (χ1v) is 7.54. The highest BCUT2D eigenvalue weighted by Crippen LogP contribution is 2.25. The van der Waals surface area contributed by atoms with Crippen molar-refractivity contribution in [1.29, 1.82) is 0 Å². The van der Waals surface area contributed by atoms with Crippen LogP contribution >= 0.6 is 0 Å². The minimum atomic E-state index is -0.326. The molecule has 0 saturated heterocycles. The second-order valence-electron chi connectivity index (χ2n) is 5.60. The zero-order valence-electron chi connectivity index (χ0n) is 12.5. The molecule has 1 aromatic rings. The summed E-state index contributed by atoms with van der Waals surface area (Å²) in [6.45, 7) is 3.36. The predicted octanol–water partition coefficient (Wildman–Crippen LogP) is 2.26. The summed E-state index contributed by atoms with van der Waals surface area (Å²) in [6, 6.07) is 6.94. The molecule has 0 aliphatic heterocycles. The lowest BCUT2D eigenvalue weighted by molar-refractivity contribution is 0.00570. The Morgan fingerprint density at radius 1 is 1.29 bits per heavy atom. The normalized spacial score (nSPS) is 21.8. The van der Waals surface area contributed by atoms with E-state index in [1.165, 1.54) is 12.8 Å². The highest BCUT2D eigenvalue weighted by atomic mass is 16.5. The summed E-state index contributed by atoms with van der Waals surface area (Å²) in [4.78, 5) is 11.4. The fourth-order valence-electron chi connectivity index (χ4n) is 2.58. The molecule has 1 aromatic carbocycles. The minimum absolute atomic E-state index is 0.326. The van der Waals surface area contributed by atoms with Gasteiger partial charge in [-0.25, -0.2) is 5.84 Å². The smallest absolute Gasteiger partial charge is 0.265 e. The largest absolute Gasteiger partial charge is 0.491 e. The molecule has 116 valence electrons. The first kappa shape index (κ1) is 15.8. The Morgan fingerprint density at radius 2 is 2.05 bits per heavy atom. The van der Waals surface area contributed by atoms with E-state index in [0.29, 0.717) is 30.6 Å². The van der Waals surface area contributed by atoms with Gasteiger partial charge in [-0.3, -0.25) is 10.2 Å². The zero-order valence-corrected chi connectivity index (χ0v) is 12.5. The van der Waals surface area contributed by atoms with Crippen LogP contribution in [0.15, 0.2) is 24.3 Å². The van der Waals surface area contributed by atoms with E-state index < -0.39 is 0 Å². The van der Waals surface area contributed by atoms with Crippen molar-refractivity contribution in [3.05, 3.63) is 29.8 Å². The van der Waals surface area contributed by atoms with Crippen molar-refractivity contribution in [3.63, 3.8) is 0 Å². The number of hydrogen-bond acceptors (Lipinski definition) is 4. The SMILES string of the molecule is CC1CCC(OCCOc2cccc(C(=O)NN)c2)CC1. The molecule has 1 saturated carbocycles. The Bertz CT molecular complexity index is 457. The van der Waals surface area contributed by atoms with Crippen LogP contribution in [-0.4, -0.2) is 25.2 Å². The number of hydrogen-bond donors (Lipinski definition) is 2. The van der Waals surface area contributed by atoms with E-state index in [-0.39, 0.29) is 5.91 Å². The summed E-state index contributed by atoms with van der Waals surface area (Å²) in [7, 11) is 0. The lowest BCUT2D eigenvalue weighted by atomic mass is 9.89. The topological polar surface area (TPSA) is 73.6 Å².